The van der Waals surface area contributed by atoms with Crippen LogP contribution in [0.3, 0.4) is 0 Å². The van der Waals surface area contributed by atoms with Gasteiger partial charge in [-0.3, -0.25) is 4.79 Å². The minimum atomic E-state index is -4.11. The third-order valence-electron chi connectivity index (χ3n) is 6.89. The SMILES string of the molecule is CCCC[C@@H]1[C@@H](Sc2ccc(C)cc2)[C@@H](C(=O)O)C(c2cccc(F)c2)N1S(=O)(=O)c1ccc(C)cc1. The second kappa shape index (κ2) is 11.4. The molecule has 1 aliphatic heterocycles. The predicted octanol–water partition coefficient (Wildman–Crippen LogP) is 6.61. The van der Waals surface area contributed by atoms with E-state index in [0.29, 0.717) is 12.0 Å². The van der Waals surface area contributed by atoms with Crippen molar-refractivity contribution in [3.63, 3.8) is 0 Å². The molecule has 8 heteroatoms. The Balaban J connectivity index is 1.92. The van der Waals surface area contributed by atoms with E-state index in [1.165, 1.54) is 34.3 Å². The number of carboxylic acids is 1. The smallest absolute Gasteiger partial charge is 0.309 e. The van der Waals surface area contributed by atoms with Crippen LogP contribution < -0.4 is 0 Å². The maximum absolute atomic E-state index is 14.4. The van der Waals surface area contributed by atoms with Crippen molar-refractivity contribution in [3.05, 3.63) is 95.3 Å². The van der Waals surface area contributed by atoms with Gasteiger partial charge in [0.15, 0.2) is 0 Å². The Morgan fingerprint density at radius 3 is 2.19 bits per heavy atom. The standard InChI is InChI=1S/C29H32FNO4S2/c1-4-5-9-25-28(36-23-14-10-19(2)11-15-23)26(29(32)33)27(21-7-6-8-22(30)18-21)31(25)37(34,35)24-16-12-20(3)13-17-24/h6-8,10-18,25-28H,4-5,9H2,1-3H3,(H,32,33)/t25-,26+,27?,28-/m1/s1. The van der Waals surface area contributed by atoms with Crippen LogP contribution in [0.25, 0.3) is 0 Å². The Morgan fingerprint density at radius 2 is 1.62 bits per heavy atom. The van der Waals surface area contributed by atoms with Crippen molar-refractivity contribution in [2.45, 2.75) is 67.2 Å². The van der Waals surface area contributed by atoms with Gasteiger partial charge in [-0.15, -0.1) is 11.8 Å². The highest BCUT2D eigenvalue weighted by Crippen LogP contribution is 2.52. The number of hydrogen-bond donors (Lipinski definition) is 1. The average Bonchev–Trinajstić information content (AvgIpc) is 3.19. The zero-order valence-electron chi connectivity index (χ0n) is 21.2. The number of halogens is 1. The van der Waals surface area contributed by atoms with E-state index in [0.717, 1.165) is 28.9 Å². The van der Waals surface area contributed by atoms with Crippen molar-refractivity contribution in [2.75, 3.05) is 0 Å². The fourth-order valence-corrected chi connectivity index (χ4v) is 8.43. The molecule has 37 heavy (non-hydrogen) atoms. The van der Waals surface area contributed by atoms with E-state index in [9.17, 15) is 22.7 Å². The summed E-state index contributed by atoms with van der Waals surface area (Å²) in [7, 11) is -4.11. The van der Waals surface area contributed by atoms with E-state index in [4.69, 9.17) is 0 Å². The van der Waals surface area contributed by atoms with Crippen LogP contribution in [0.4, 0.5) is 4.39 Å². The van der Waals surface area contributed by atoms with Crippen LogP contribution in [0.1, 0.15) is 48.9 Å². The summed E-state index contributed by atoms with van der Waals surface area (Å²) in [5.74, 6) is -2.70. The minimum absolute atomic E-state index is 0.103. The van der Waals surface area contributed by atoms with Gasteiger partial charge in [0.05, 0.1) is 16.9 Å². The largest absolute Gasteiger partial charge is 0.481 e. The molecule has 4 rings (SSSR count). The Labute approximate surface area is 222 Å². The molecule has 0 spiro atoms. The molecule has 0 saturated carbocycles. The molecule has 5 nitrogen and oxygen atoms in total. The summed E-state index contributed by atoms with van der Waals surface area (Å²) in [6, 6.07) is 18.4. The average molecular weight is 542 g/mol. The van der Waals surface area contributed by atoms with E-state index in [1.54, 1.807) is 30.3 Å². The molecule has 1 unspecified atom stereocenters. The molecular formula is C29H32FNO4S2. The summed E-state index contributed by atoms with van der Waals surface area (Å²) in [5, 5.41) is 9.94. The van der Waals surface area contributed by atoms with Gasteiger partial charge in [-0.1, -0.05) is 67.3 Å². The van der Waals surface area contributed by atoms with Crippen LogP contribution >= 0.6 is 11.8 Å². The monoisotopic (exact) mass is 541 g/mol. The third kappa shape index (κ3) is 5.76. The van der Waals surface area contributed by atoms with Crippen LogP contribution in [0.15, 0.2) is 82.6 Å². The van der Waals surface area contributed by atoms with E-state index >= 15 is 0 Å². The number of rotatable bonds is 9. The normalized spacial score (nSPS) is 22.3. The van der Waals surface area contributed by atoms with E-state index < -0.39 is 45.1 Å². The first kappa shape index (κ1) is 27.4. The van der Waals surface area contributed by atoms with Gasteiger partial charge < -0.3 is 5.11 Å². The molecule has 3 aromatic carbocycles. The van der Waals surface area contributed by atoms with Gasteiger partial charge >= 0.3 is 5.97 Å². The van der Waals surface area contributed by atoms with Crippen molar-refractivity contribution in [1.29, 1.82) is 0 Å². The Morgan fingerprint density at radius 1 is 1.00 bits per heavy atom. The molecule has 0 amide bonds. The van der Waals surface area contributed by atoms with Crippen LogP contribution in [-0.2, 0) is 14.8 Å². The molecular weight excluding hydrogens is 509 g/mol. The lowest BCUT2D eigenvalue weighted by Gasteiger charge is -2.31. The lowest BCUT2D eigenvalue weighted by molar-refractivity contribution is -0.142. The lowest BCUT2D eigenvalue weighted by Crippen LogP contribution is -2.40. The van der Waals surface area contributed by atoms with Crippen molar-refractivity contribution in [2.24, 2.45) is 5.92 Å². The minimum Gasteiger partial charge on any atom is -0.481 e. The van der Waals surface area contributed by atoms with Gasteiger partial charge in [0.2, 0.25) is 10.0 Å². The summed E-state index contributed by atoms with van der Waals surface area (Å²) >= 11 is 1.39. The molecule has 3 aromatic rings. The van der Waals surface area contributed by atoms with Crippen molar-refractivity contribution < 1.29 is 22.7 Å². The summed E-state index contributed by atoms with van der Waals surface area (Å²) in [6.45, 7) is 5.87. The Bertz CT molecular complexity index is 1340. The lowest BCUT2D eigenvalue weighted by atomic mass is 9.92. The number of benzene rings is 3. The quantitative estimate of drug-likeness (QED) is 0.330. The number of carboxylic acid groups (broad SMARTS) is 1. The van der Waals surface area contributed by atoms with E-state index in [1.807, 2.05) is 45.0 Å². The molecule has 0 aliphatic carbocycles. The van der Waals surface area contributed by atoms with Crippen LogP contribution in [0.5, 0.6) is 0 Å². The number of nitrogens with zero attached hydrogens (tertiary/aromatic N) is 1. The van der Waals surface area contributed by atoms with Gasteiger partial charge in [-0.2, -0.15) is 4.31 Å². The maximum atomic E-state index is 14.4. The molecule has 4 atom stereocenters. The molecule has 0 bridgehead atoms. The number of unbranched alkanes of at least 4 members (excludes halogenated alkanes) is 1. The number of thioether (sulfide) groups is 1. The van der Waals surface area contributed by atoms with Crippen molar-refractivity contribution in [3.8, 4) is 0 Å². The zero-order valence-corrected chi connectivity index (χ0v) is 22.8. The molecule has 1 N–H and O–H groups in total. The molecule has 1 heterocycles. The molecule has 0 radical (unpaired) electrons. The number of aryl methyl sites for hydroxylation is 2. The number of sulfonamides is 1. The van der Waals surface area contributed by atoms with Gasteiger partial charge in [-0.25, -0.2) is 12.8 Å². The van der Waals surface area contributed by atoms with Crippen molar-refractivity contribution >= 4 is 27.8 Å². The van der Waals surface area contributed by atoms with Gasteiger partial charge in [0.25, 0.3) is 0 Å². The van der Waals surface area contributed by atoms with Crippen LogP contribution in [-0.4, -0.2) is 35.1 Å². The second-order valence-corrected chi connectivity index (χ2v) is 12.7. The first-order valence-electron chi connectivity index (χ1n) is 12.4. The number of carbonyl (C=O) groups is 1. The van der Waals surface area contributed by atoms with Crippen LogP contribution in [0, 0.1) is 25.6 Å². The van der Waals surface area contributed by atoms with Crippen LogP contribution in [0.2, 0.25) is 0 Å². The third-order valence-corrected chi connectivity index (χ3v) is 10.2. The molecule has 196 valence electrons. The van der Waals surface area contributed by atoms with Gasteiger partial charge in [0, 0.05) is 16.2 Å². The van der Waals surface area contributed by atoms with E-state index in [-0.39, 0.29) is 4.90 Å². The summed E-state index contributed by atoms with van der Waals surface area (Å²) in [4.78, 5) is 13.8. The maximum Gasteiger partial charge on any atom is 0.309 e. The molecule has 1 fully saturated rings. The topological polar surface area (TPSA) is 74.7 Å². The Kier molecular flexibility index (Phi) is 8.41. The highest BCUT2D eigenvalue weighted by molar-refractivity contribution is 8.00. The highest BCUT2D eigenvalue weighted by Gasteiger charge is 2.57. The fourth-order valence-electron chi connectivity index (χ4n) is 5.04. The number of hydrogen-bond acceptors (Lipinski definition) is 4. The fraction of sp³-hybridized carbons (Fsp3) is 0.345. The molecule has 0 aromatic heterocycles. The summed E-state index contributed by atoms with van der Waals surface area (Å²) < 4.78 is 44.2. The molecule has 1 aliphatic rings. The van der Waals surface area contributed by atoms with Crippen molar-refractivity contribution in [1.82, 2.24) is 4.31 Å². The molecule has 1 saturated heterocycles. The summed E-state index contributed by atoms with van der Waals surface area (Å²) in [5.41, 5.74) is 2.34. The van der Waals surface area contributed by atoms with E-state index in [2.05, 4.69) is 0 Å². The first-order valence-corrected chi connectivity index (χ1v) is 14.8. The van der Waals surface area contributed by atoms with Gasteiger partial charge in [-0.05, 0) is 62.2 Å². The highest BCUT2D eigenvalue weighted by atomic mass is 32.2. The second-order valence-electron chi connectivity index (χ2n) is 9.62. The summed E-state index contributed by atoms with van der Waals surface area (Å²) in [6.07, 6.45) is 2.07. The van der Waals surface area contributed by atoms with Gasteiger partial charge in [0.1, 0.15) is 5.82 Å². The first-order chi connectivity index (χ1) is 17.6. The zero-order chi connectivity index (χ0) is 26.7. The number of aliphatic carboxylic acids is 1. The Hall–Kier alpha value is -2.68. The predicted molar refractivity (Wildman–Crippen MR) is 145 cm³/mol.